The molecule has 5 heteroatoms. The highest BCUT2D eigenvalue weighted by Gasteiger charge is 2.18. The number of rotatable bonds is 5. The summed E-state index contributed by atoms with van der Waals surface area (Å²) < 4.78 is 28.9. The first-order chi connectivity index (χ1) is 7.90. The van der Waals surface area contributed by atoms with Gasteiger partial charge in [-0.3, -0.25) is 0 Å². The molecule has 0 aliphatic rings. The SMILES string of the molecule is CCS(=O)(=O)c1cc(NC(C)C)ccc1OC. The minimum Gasteiger partial charge on any atom is -0.495 e. The van der Waals surface area contributed by atoms with Gasteiger partial charge in [-0.25, -0.2) is 8.42 Å². The van der Waals surface area contributed by atoms with Gasteiger partial charge in [0.05, 0.1) is 12.9 Å². The van der Waals surface area contributed by atoms with Crippen molar-refractivity contribution in [2.24, 2.45) is 0 Å². The average molecular weight is 257 g/mol. The summed E-state index contributed by atoms with van der Waals surface area (Å²) >= 11 is 0. The lowest BCUT2D eigenvalue weighted by atomic mass is 10.2. The van der Waals surface area contributed by atoms with Gasteiger partial charge < -0.3 is 10.1 Å². The molecular weight excluding hydrogens is 238 g/mol. The molecule has 0 aromatic heterocycles. The van der Waals surface area contributed by atoms with Crippen LogP contribution in [0.2, 0.25) is 0 Å². The molecule has 0 unspecified atom stereocenters. The first-order valence-electron chi connectivity index (χ1n) is 5.58. The smallest absolute Gasteiger partial charge is 0.181 e. The monoisotopic (exact) mass is 257 g/mol. The second-order valence-corrected chi connectivity index (χ2v) is 6.31. The third-order valence-electron chi connectivity index (χ3n) is 2.33. The minimum atomic E-state index is -3.26. The van der Waals surface area contributed by atoms with Crippen molar-refractivity contribution in [3.05, 3.63) is 18.2 Å². The zero-order valence-electron chi connectivity index (χ0n) is 10.6. The van der Waals surface area contributed by atoms with Crippen molar-refractivity contribution in [1.29, 1.82) is 0 Å². The molecule has 0 amide bonds. The van der Waals surface area contributed by atoms with E-state index in [0.717, 1.165) is 5.69 Å². The fourth-order valence-corrected chi connectivity index (χ4v) is 2.57. The highest BCUT2D eigenvalue weighted by Crippen LogP contribution is 2.28. The molecule has 0 aliphatic carbocycles. The van der Waals surface area contributed by atoms with Crippen LogP contribution in [0, 0.1) is 0 Å². The van der Waals surface area contributed by atoms with Crippen LogP contribution in [0.25, 0.3) is 0 Å². The van der Waals surface area contributed by atoms with Gasteiger partial charge >= 0.3 is 0 Å². The molecule has 4 nitrogen and oxygen atoms in total. The van der Waals surface area contributed by atoms with Gasteiger partial charge in [0.15, 0.2) is 9.84 Å². The van der Waals surface area contributed by atoms with Gasteiger partial charge in [0.2, 0.25) is 0 Å². The van der Waals surface area contributed by atoms with Crippen molar-refractivity contribution in [3.63, 3.8) is 0 Å². The van der Waals surface area contributed by atoms with Gasteiger partial charge in [-0.15, -0.1) is 0 Å². The molecule has 0 atom stereocenters. The summed E-state index contributed by atoms with van der Waals surface area (Å²) in [7, 11) is -1.79. The number of ether oxygens (including phenoxy) is 1. The molecule has 17 heavy (non-hydrogen) atoms. The molecule has 0 fully saturated rings. The summed E-state index contributed by atoms with van der Waals surface area (Å²) in [6, 6.07) is 5.36. The van der Waals surface area contributed by atoms with E-state index in [1.807, 2.05) is 19.9 Å². The Bertz CT molecular complexity index is 481. The number of nitrogens with one attached hydrogen (secondary N) is 1. The molecule has 1 aromatic carbocycles. The Balaban J connectivity index is 3.25. The number of hydrogen-bond acceptors (Lipinski definition) is 4. The van der Waals surface area contributed by atoms with Crippen LogP contribution < -0.4 is 10.1 Å². The van der Waals surface area contributed by atoms with Crippen molar-refractivity contribution in [3.8, 4) is 5.75 Å². The first-order valence-corrected chi connectivity index (χ1v) is 7.23. The van der Waals surface area contributed by atoms with Crippen LogP contribution in [0.1, 0.15) is 20.8 Å². The van der Waals surface area contributed by atoms with Gasteiger partial charge in [-0.1, -0.05) is 6.92 Å². The van der Waals surface area contributed by atoms with E-state index in [1.54, 1.807) is 19.1 Å². The minimum absolute atomic E-state index is 0.0640. The topological polar surface area (TPSA) is 55.4 Å². The number of anilines is 1. The molecule has 1 N–H and O–H groups in total. The molecular formula is C12H19NO3S. The van der Waals surface area contributed by atoms with Crippen LogP contribution in [0.15, 0.2) is 23.1 Å². The van der Waals surface area contributed by atoms with E-state index in [9.17, 15) is 8.42 Å². The molecule has 96 valence electrons. The molecule has 0 aliphatic heterocycles. The van der Waals surface area contributed by atoms with Crippen molar-refractivity contribution >= 4 is 15.5 Å². The molecule has 0 radical (unpaired) electrons. The molecule has 0 saturated heterocycles. The fraction of sp³-hybridized carbons (Fsp3) is 0.500. The summed E-state index contributed by atoms with van der Waals surface area (Å²) in [4.78, 5) is 0.244. The molecule has 0 heterocycles. The summed E-state index contributed by atoms with van der Waals surface area (Å²) in [5.41, 5.74) is 0.785. The third-order valence-corrected chi connectivity index (χ3v) is 4.08. The molecule has 0 spiro atoms. The van der Waals surface area contributed by atoms with Gasteiger partial charge in [-0.05, 0) is 32.0 Å². The van der Waals surface area contributed by atoms with Crippen molar-refractivity contribution < 1.29 is 13.2 Å². The standard InChI is InChI=1S/C12H19NO3S/c1-5-17(14,15)12-8-10(13-9(2)3)6-7-11(12)16-4/h6-9,13H,5H2,1-4H3. The molecule has 0 saturated carbocycles. The number of methoxy groups -OCH3 is 1. The lowest BCUT2D eigenvalue weighted by Gasteiger charge is -2.13. The third kappa shape index (κ3) is 3.36. The fourth-order valence-electron chi connectivity index (χ4n) is 1.50. The van der Waals surface area contributed by atoms with Gasteiger partial charge in [0.1, 0.15) is 10.6 Å². The summed E-state index contributed by atoms with van der Waals surface area (Å²) in [5.74, 6) is 0.454. The maximum atomic E-state index is 11.9. The van der Waals surface area contributed by atoms with Crippen molar-refractivity contribution in [2.45, 2.75) is 31.7 Å². The highest BCUT2D eigenvalue weighted by atomic mass is 32.2. The van der Waals surface area contributed by atoms with Gasteiger partial charge in [0, 0.05) is 11.7 Å². The Labute approximate surface area is 103 Å². The summed E-state index contributed by atoms with van der Waals surface area (Å²) in [6.45, 7) is 5.62. The lowest BCUT2D eigenvalue weighted by molar-refractivity contribution is 0.403. The van der Waals surface area contributed by atoms with Crippen LogP contribution in [-0.2, 0) is 9.84 Å². The Morgan fingerprint density at radius 3 is 2.47 bits per heavy atom. The number of sulfone groups is 1. The Hall–Kier alpha value is -1.23. The second-order valence-electron chi connectivity index (χ2n) is 4.07. The van der Waals surface area contributed by atoms with Crippen LogP contribution >= 0.6 is 0 Å². The normalized spacial score (nSPS) is 11.6. The first kappa shape index (κ1) is 13.8. The van der Waals surface area contributed by atoms with Crippen LogP contribution in [-0.4, -0.2) is 27.3 Å². The van der Waals surface area contributed by atoms with E-state index in [1.165, 1.54) is 7.11 Å². The van der Waals surface area contributed by atoms with Gasteiger partial charge in [0.25, 0.3) is 0 Å². The Morgan fingerprint density at radius 1 is 1.35 bits per heavy atom. The summed E-state index contributed by atoms with van der Waals surface area (Å²) in [5, 5.41) is 3.17. The van der Waals surface area contributed by atoms with E-state index < -0.39 is 9.84 Å². The van der Waals surface area contributed by atoms with E-state index in [-0.39, 0.29) is 16.7 Å². The number of benzene rings is 1. The van der Waals surface area contributed by atoms with E-state index >= 15 is 0 Å². The zero-order valence-corrected chi connectivity index (χ0v) is 11.5. The quantitative estimate of drug-likeness (QED) is 0.879. The Morgan fingerprint density at radius 2 is 2.00 bits per heavy atom. The maximum Gasteiger partial charge on any atom is 0.181 e. The number of hydrogen-bond donors (Lipinski definition) is 1. The van der Waals surface area contributed by atoms with E-state index in [2.05, 4.69) is 5.32 Å². The zero-order chi connectivity index (χ0) is 13.1. The van der Waals surface area contributed by atoms with Crippen LogP contribution in [0.3, 0.4) is 0 Å². The molecule has 1 aromatic rings. The Kier molecular flexibility index (Phi) is 4.40. The van der Waals surface area contributed by atoms with Gasteiger partial charge in [-0.2, -0.15) is 0 Å². The lowest BCUT2D eigenvalue weighted by Crippen LogP contribution is -2.11. The van der Waals surface area contributed by atoms with E-state index in [0.29, 0.717) is 5.75 Å². The van der Waals surface area contributed by atoms with Crippen molar-refractivity contribution in [1.82, 2.24) is 0 Å². The second kappa shape index (κ2) is 5.40. The molecule has 0 bridgehead atoms. The maximum absolute atomic E-state index is 11.9. The van der Waals surface area contributed by atoms with Crippen LogP contribution in [0.4, 0.5) is 5.69 Å². The molecule has 1 rings (SSSR count). The van der Waals surface area contributed by atoms with E-state index in [4.69, 9.17) is 4.74 Å². The predicted molar refractivity (Wildman–Crippen MR) is 69.5 cm³/mol. The van der Waals surface area contributed by atoms with Crippen molar-refractivity contribution in [2.75, 3.05) is 18.2 Å². The summed E-state index contributed by atoms with van der Waals surface area (Å²) in [6.07, 6.45) is 0. The average Bonchev–Trinajstić information content (AvgIpc) is 2.28. The largest absolute Gasteiger partial charge is 0.495 e. The van der Waals surface area contributed by atoms with Crippen LogP contribution in [0.5, 0.6) is 5.75 Å². The highest BCUT2D eigenvalue weighted by molar-refractivity contribution is 7.91. The predicted octanol–water partition coefficient (Wildman–Crippen LogP) is 2.31.